The van der Waals surface area contributed by atoms with E-state index in [2.05, 4.69) is 39.4 Å². The number of carbonyl (C=O) groups excluding carboxylic acids is 1. The van der Waals surface area contributed by atoms with Crippen LogP contribution in [0.1, 0.15) is 63.1 Å². The number of primary amides is 1. The van der Waals surface area contributed by atoms with Crippen LogP contribution >= 0.6 is 11.3 Å². The van der Waals surface area contributed by atoms with Gasteiger partial charge >= 0.3 is 0 Å². The fourth-order valence-electron chi connectivity index (χ4n) is 4.22. The first-order valence-corrected chi connectivity index (χ1v) is 10.5. The summed E-state index contributed by atoms with van der Waals surface area (Å²) in [5, 5.41) is 16.9. The number of nitrogens with zero attached hydrogens (tertiary/aromatic N) is 3. The van der Waals surface area contributed by atoms with Gasteiger partial charge in [0, 0.05) is 6.54 Å². The Morgan fingerprint density at radius 2 is 2.19 bits per heavy atom. The summed E-state index contributed by atoms with van der Waals surface area (Å²) in [7, 11) is 0. The molecule has 4 rings (SSSR count). The van der Waals surface area contributed by atoms with Gasteiger partial charge in [0.25, 0.3) is 0 Å². The van der Waals surface area contributed by atoms with E-state index in [0.29, 0.717) is 5.92 Å². The fraction of sp³-hybridized carbons (Fsp3) is 0.632. The minimum absolute atomic E-state index is 0.256. The van der Waals surface area contributed by atoms with Gasteiger partial charge in [-0.15, -0.1) is 5.10 Å². The summed E-state index contributed by atoms with van der Waals surface area (Å²) in [5.41, 5.74) is 6.92. The zero-order valence-electron chi connectivity index (χ0n) is 15.3. The first-order chi connectivity index (χ1) is 12.5. The third-order valence-electron chi connectivity index (χ3n) is 6.31. The predicted octanol–water partition coefficient (Wildman–Crippen LogP) is 2.90. The quantitative estimate of drug-likeness (QED) is 0.781. The smallest absolute Gasteiger partial charge is 0.245 e. The van der Waals surface area contributed by atoms with Crippen molar-refractivity contribution in [3.63, 3.8) is 0 Å². The second-order valence-electron chi connectivity index (χ2n) is 7.97. The Morgan fingerprint density at radius 3 is 2.81 bits per heavy atom. The van der Waals surface area contributed by atoms with Crippen molar-refractivity contribution in [1.82, 2.24) is 20.3 Å². The summed E-state index contributed by atoms with van der Waals surface area (Å²) < 4.78 is 1.71. The maximum atomic E-state index is 11.8. The van der Waals surface area contributed by atoms with Crippen LogP contribution in [0.2, 0.25) is 0 Å². The van der Waals surface area contributed by atoms with Crippen molar-refractivity contribution in [2.24, 2.45) is 11.7 Å². The van der Waals surface area contributed by atoms with E-state index in [1.807, 2.05) is 6.20 Å². The van der Waals surface area contributed by atoms with Crippen LogP contribution < -0.4 is 11.1 Å². The summed E-state index contributed by atoms with van der Waals surface area (Å²) in [5.74, 6) is 0.211. The molecule has 2 heterocycles. The minimum atomic E-state index is -0.647. The summed E-state index contributed by atoms with van der Waals surface area (Å²) in [6.45, 7) is 3.05. The fourth-order valence-corrected chi connectivity index (χ4v) is 4.89. The third kappa shape index (κ3) is 3.07. The summed E-state index contributed by atoms with van der Waals surface area (Å²) >= 11 is 1.72. The van der Waals surface area contributed by atoms with Gasteiger partial charge in [-0.05, 0) is 60.9 Å². The molecule has 140 valence electrons. The maximum Gasteiger partial charge on any atom is 0.245 e. The van der Waals surface area contributed by atoms with Crippen LogP contribution in [-0.4, -0.2) is 20.9 Å². The number of nitrogens with one attached hydrogen (secondary N) is 1. The van der Waals surface area contributed by atoms with E-state index in [9.17, 15) is 4.79 Å². The van der Waals surface area contributed by atoms with E-state index in [0.717, 1.165) is 25.1 Å². The molecular weight excluding hydrogens is 346 g/mol. The molecule has 0 saturated heterocycles. The number of nitrogens with two attached hydrogens (primary N) is 1. The number of amides is 1. The first kappa shape index (κ1) is 17.7. The van der Waals surface area contributed by atoms with Gasteiger partial charge in [0.2, 0.25) is 5.91 Å². The van der Waals surface area contributed by atoms with Gasteiger partial charge < -0.3 is 11.1 Å². The highest BCUT2D eigenvalue weighted by molar-refractivity contribution is 7.07. The molecule has 0 aromatic carbocycles. The van der Waals surface area contributed by atoms with Gasteiger partial charge in [-0.1, -0.05) is 24.5 Å². The molecule has 2 aliphatic carbocycles. The Hall–Kier alpha value is -1.73. The van der Waals surface area contributed by atoms with Crippen molar-refractivity contribution in [2.75, 3.05) is 0 Å². The number of rotatable bonds is 7. The Kier molecular flexibility index (Phi) is 4.61. The zero-order chi connectivity index (χ0) is 18.2. The van der Waals surface area contributed by atoms with E-state index in [4.69, 9.17) is 5.73 Å². The molecule has 7 heteroatoms. The van der Waals surface area contributed by atoms with Crippen LogP contribution in [0.5, 0.6) is 0 Å². The molecule has 2 aromatic rings. The second kappa shape index (κ2) is 6.78. The van der Waals surface area contributed by atoms with Gasteiger partial charge in [-0.3, -0.25) is 4.79 Å². The monoisotopic (exact) mass is 373 g/mol. The molecule has 2 saturated carbocycles. The summed E-state index contributed by atoms with van der Waals surface area (Å²) in [4.78, 5) is 11.8. The molecule has 0 spiro atoms. The predicted molar refractivity (Wildman–Crippen MR) is 102 cm³/mol. The average Bonchev–Trinajstić information content (AvgIpc) is 3.08. The molecule has 1 atom stereocenters. The maximum absolute atomic E-state index is 11.8. The first-order valence-electron chi connectivity index (χ1n) is 9.54. The molecule has 2 aliphatic rings. The van der Waals surface area contributed by atoms with Gasteiger partial charge in [-0.2, -0.15) is 11.3 Å². The molecule has 0 aliphatic heterocycles. The van der Waals surface area contributed by atoms with Crippen LogP contribution in [-0.2, 0) is 22.4 Å². The molecule has 6 nitrogen and oxygen atoms in total. The van der Waals surface area contributed by atoms with Gasteiger partial charge in [0.15, 0.2) is 0 Å². The Balaban J connectivity index is 1.62. The van der Waals surface area contributed by atoms with Gasteiger partial charge in [0.1, 0.15) is 11.2 Å². The molecule has 3 N–H and O–H groups in total. The van der Waals surface area contributed by atoms with Crippen molar-refractivity contribution >= 4 is 17.2 Å². The normalized spacial score (nSPS) is 22.0. The molecule has 0 bridgehead atoms. The number of hydrogen-bond acceptors (Lipinski definition) is 5. The lowest BCUT2D eigenvalue weighted by molar-refractivity contribution is -0.122. The van der Waals surface area contributed by atoms with Crippen molar-refractivity contribution in [2.45, 2.75) is 69.5 Å². The molecule has 26 heavy (non-hydrogen) atoms. The standard InChI is InChI=1S/C19H27N5OS/c1-18(15-5-3-2-4-6-15,21-11-14-7-10-26-13-14)16-12-24(23-22-16)19(8-9-19)17(20)25/h7,10,12-13,15,21H,2-6,8-9,11H2,1H3,(H2,20,25). The van der Waals surface area contributed by atoms with Gasteiger partial charge in [-0.25, -0.2) is 4.68 Å². The van der Waals surface area contributed by atoms with Gasteiger partial charge in [0.05, 0.1) is 11.7 Å². The lowest BCUT2D eigenvalue weighted by atomic mass is 9.74. The van der Waals surface area contributed by atoms with Crippen molar-refractivity contribution in [1.29, 1.82) is 0 Å². The largest absolute Gasteiger partial charge is 0.368 e. The summed E-state index contributed by atoms with van der Waals surface area (Å²) in [6.07, 6.45) is 9.70. The Morgan fingerprint density at radius 1 is 1.42 bits per heavy atom. The molecule has 1 amide bonds. The van der Waals surface area contributed by atoms with E-state index in [1.54, 1.807) is 16.0 Å². The van der Waals surface area contributed by atoms with Crippen LogP contribution in [0.15, 0.2) is 23.0 Å². The van der Waals surface area contributed by atoms with Crippen LogP contribution in [0.4, 0.5) is 0 Å². The summed E-state index contributed by atoms with van der Waals surface area (Å²) in [6, 6.07) is 2.15. The number of carbonyl (C=O) groups is 1. The van der Waals surface area contributed by atoms with E-state index >= 15 is 0 Å². The highest BCUT2D eigenvalue weighted by Crippen LogP contribution is 2.44. The third-order valence-corrected chi connectivity index (χ3v) is 7.04. The molecular formula is C19H27N5OS. The molecule has 1 unspecified atom stereocenters. The number of hydrogen-bond donors (Lipinski definition) is 2. The molecule has 2 aromatic heterocycles. The van der Waals surface area contributed by atoms with E-state index < -0.39 is 5.54 Å². The number of aromatic nitrogens is 3. The van der Waals surface area contributed by atoms with E-state index in [-0.39, 0.29) is 11.4 Å². The number of thiophene rings is 1. The SMILES string of the molecule is CC(NCc1ccsc1)(c1cn(C2(C(N)=O)CC2)nn1)C1CCCCC1. The lowest BCUT2D eigenvalue weighted by Gasteiger charge is -2.39. The molecule has 0 radical (unpaired) electrons. The topological polar surface area (TPSA) is 85.8 Å². The van der Waals surface area contributed by atoms with Crippen LogP contribution in [0.25, 0.3) is 0 Å². The van der Waals surface area contributed by atoms with Crippen molar-refractivity contribution in [3.05, 3.63) is 34.3 Å². The van der Waals surface area contributed by atoms with Crippen molar-refractivity contribution < 1.29 is 4.79 Å². The Labute approximate surface area is 158 Å². The second-order valence-corrected chi connectivity index (χ2v) is 8.75. The van der Waals surface area contributed by atoms with Crippen molar-refractivity contribution in [3.8, 4) is 0 Å². The minimum Gasteiger partial charge on any atom is -0.368 e. The Bertz CT molecular complexity index is 761. The average molecular weight is 374 g/mol. The van der Waals surface area contributed by atoms with Crippen LogP contribution in [0.3, 0.4) is 0 Å². The highest BCUT2D eigenvalue weighted by atomic mass is 32.1. The highest BCUT2D eigenvalue weighted by Gasteiger charge is 2.52. The zero-order valence-corrected chi connectivity index (χ0v) is 16.1. The van der Waals surface area contributed by atoms with E-state index in [1.165, 1.54) is 37.7 Å². The lowest BCUT2D eigenvalue weighted by Crippen LogP contribution is -2.46. The van der Waals surface area contributed by atoms with Crippen LogP contribution in [0, 0.1) is 5.92 Å². The molecule has 2 fully saturated rings.